The number of benzene rings is 1. The van der Waals surface area contributed by atoms with Crippen molar-refractivity contribution >= 4 is 0 Å². The van der Waals surface area contributed by atoms with Crippen LogP contribution in [0.3, 0.4) is 0 Å². The highest BCUT2D eigenvalue weighted by molar-refractivity contribution is 5.59. The molecule has 1 aliphatic heterocycles. The van der Waals surface area contributed by atoms with Gasteiger partial charge in [-0.05, 0) is 26.0 Å². The number of rotatable bonds is 3. The summed E-state index contributed by atoms with van der Waals surface area (Å²) in [5.41, 5.74) is 0.856. The van der Waals surface area contributed by atoms with Crippen LogP contribution in [0.25, 0.3) is 11.3 Å². The number of aromatic nitrogens is 2. The molecule has 2 heterocycles. The largest absolute Gasteiger partial charge is 0.378 e. The Kier molecular flexibility index (Phi) is 4.22. The Morgan fingerprint density at radius 3 is 2.91 bits per heavy atom. The summed E-state index contributed by atoms with van der Waals surface area (Å²) in [6.45, 7) is 6.35. The van der Waals surface area contributed by atoms with Gasteiger partial charge in [-0.25, -0.2) is 13.8 Å². The molecule has 0 spiro atoms. The molecule has 0 aliphatic carbocycles. The number of ether oxygens (including phenoxy) is 1. The van der Waals surface area contributed by atoms with E-state index in [0.29, 0.717) is 30.5 Å². The second kappa shape index (κ2) is 6.14. The molecule has 0 radical (unpaired) electrons. The number of nitrogens with zero attached hydrogens (tertiary/aromatic N) is 2. The average molecular weight is 307 g/mol. The zero-order valence-electron chi connectivity index (χ0n) is 12.6. The molecule has 118 valence electrons. The van der Waals surface area contributed by atoms with E-state index in [4.69, 9.17) is 4.74 Å². The van der Waals surface area contributed by atoms with Crippen molar-refractivity contribution in [1.29, 1.82) is 0 Å². The van der Waals surface area contributed by atoms with Crippen molar-refractivity contribution in [2.24, 2.45) is 0 Å². The van der Waals surface area contributed by atoms with Crippen LogP contribution in [0.4, 0.5) is 8.78 Å². The molecule has 1 unspecified atom stereocenters. The third-order valence-corrected chi connectivity index (χ3v) is 3.97. The van der Waals surface area contributed by atoms with E-state index in [-0.39, 0.29) is 6.04 Å². The van der Waals surface area contributed by atoms with Gasteiger partial charge in [-0.2, -0.15) is 0 Å². The lowest BCUT2D eigenvalue weighted by molar-refractivity contribution is -0.0262. The monoisotopic (exact) mass is 307 g/mol. The van der Waals surface area contributed by atoms with Crippen LogP contribution in [0.1, 0.15) is 25.7 Å². The highest BCUT2D eigenvalue weighted by Crippen LogP contribution is 2.27. The fourth-order valence-electron chi connectivity index (χ4n) is 2.82. The summed E-state index contributed by atoms with van der Waals surface area (Å²) in [6.07, 6.45) is 1.58. The Balaban J connectivity index is 1.89. The fourth-order valence-corrected chi connectivity index (χ4v) is 2.82. The second-order valence-electron chi connectivity index (χ2n) is 5.73. The molecule has 1 aromatic heterocycles. The first-order valence-electron chi connectivity index (χ1n) is 7.40. The Bertz CT molecular complexity index is 657. The Morgan fingerprint density at radius 2 is 2.18 bits per heavy atom. The summed E-state index contributed by atoms with van der Waals surface area (Å²) in [5.74, 6) is -0.449. The summed E-state index contributed by atoms with van der Waals surface area (Å²) >= 11 is 0. The number of imidazole rings is 1. The molecule has 1 fully saturated rings. The quantitative estimate of drug-likeness (QED) is 0.947. The van der Waals surface area contributed by atoms with Crippen molar-refractivity contribution in [1.82, 2.24) is 14.9 Å². The van der Waals surface area contributed by atoms with Crippen molar-refractivity contribution in [3.63, 3.8) is 0 Å². The predicted molar refractivity (Wildman–Crippen MR) is 79.3 cm³/mol. The first-order chi connectivity index (χ1) is 10.6. The predicted octanol–water partition coefficient (Wildman–Crippen LogP) is 3.14. The molecule has 1 aromatic carbocycles. The Morgan fingerprint density at radius 1 is 1.36 bits per heavy atom. The van der Waals surface area contributed by atoms with Gasteiger partial charge in [-0.1, -0.05) is 0 Å². The van der Waals surface area contributed by atoms with Gasteiger partial charge in [-0.3, -0.25) is 4.90 Å². The molecule has 0 amide bonds. The third-order valence-electron chi connectivity index (χ3n) is 3.97. The Hall–Kier alpha value is -1.79. The molecular weight excluding hydrogens is 288 g/mol. The minimum Gasteiger partial charge on any atom is -0.378 e. The van der Waals surface area contributed by atoms with Crippen molar-refractivity contribution in [2.75, 3.05) is 19.8 Å². The highest BCUT2D eigenvalue weighted by atomic mass is 19.1. The van der Waals surface area contributed by atoms with Gasteiger partial charge >= 0.3 is 0 Å². The molecule has 4 nitrogen and oxygen atoms in total. The SMILES string of the molecule is CC(C)N1CCOCC1c1ncc(-c2ccc(F)cc2F)[nH]1. The average Bonchev–Trinajstić information content (AvgIpc) is 2.96. The van der Waals surface area contributed by atoms with E-state index in [9.17, 15) is 8.78 Å². The number of hydrogen-bond acceptors (Lipinski definition) is 3. The molecule has 2 aromatic rings. The van der Waals surface area contributed by atoms with Crippen LogP contribution in [-0.4, -0.2) is 40.7 Å². The summed E-state index contributed by atoms with van der Waals surface area (Å²) in [7, 11) is 0. The molecule has 0 saturated carbocycles. The standard InChI is InChI=1S/C16H19F2N3O/c1-10(2)21-5-6-22-9-15(21)16-19-8-14(20-16)12-4-3-11(17)7-13(12)18/h3-4,7-8,10,15H,5-6,9H2,1-2H3,(H,19,20). The van der Waals surface area contributed by atoms with Crippen LogP contribution < -0.4 is 0 Å². The third kappa shape index (κ3) is 2.89. The fraction of sp³-hybridized carbons (Fsp3) is 0.438. The van der Waals surface area contributed by atoms with Crippen LogP contribution in [-0.2, 0) is 4.74 Å². The van der Waals surface area contributed by atoms with Crippen LogP contribution in [0.5, 0.6) is 0 Å². The number of aromatic amines is 1. The van der Waals surface area contributed by atoms with Crippen LogP contribution in [0.2, 0.25) is 0 Å². The number of morpholine rings is 1. The number of H-pyrrole nitrogens is 1. The summed E-state index contributed by atoms with van der Waals surface area (Å²) in [4.78, 5) is 9.82. The van der Waals surface area contributed by atoms with Gasteiger partial charge in [0.05, 0.1) is 31.1 Å². The number of hydrogen-bond donors (Lipinski definition) is 1. The van der Waals surface area contributed by atoms with E-state index in [1.54, 1.807) is 6.20 Å². The second-order valence-corrected chi connectivity index (χ2v) is 5.73. The van der Waals surface area contributed by atoms with Crippen molar-refractivity contribution in [3.05, 3.63) is 41.9 Å². The van der Waals surface area contributed by atoms with Gasteiger partial charge < -0.3 is 9.72 Å². The lowest BCUT2D eigenvalue weighted by Gasteiger charge is -2.37. The lowest BCUT2D eigenvalue weighted by atomic mass is 10.1. The lowest BCUT2D eigenvalue weighted by Crippen LogP contribution is -2.43. The van der Waals surface area contributed by atoms with Gasteiger partial charge in [0.15, 0.2) is 0 Å². The van der Waals surface area contributed by atoms with Gasteiger partial charge in [0.1, 0.15) is 17.5 Å². The highest BCUT2D eigenvalue weighted by Gasteiger charge is 2.29. The summed E-state index contributed by atoms with van der Waals surface area (Å²) in [5, 5.41) is 0. The minimum atomic E-state index is -0.601. The molecule has 1 saturated heterocycles. The molecule has 22 heavy (non-hydrogen) atoms. The van der Waals surface area contributed by atoms with Gasteiger partial charge in [0, 0.05) is 24.2 Å². The van der Waals surface area contributed by atoms with Crippen molar-refractivity contribution in [3.8, 4) is 11.3 Å². The molecule has 6 heteroatoms. The summed E-state index contributed by atoms with van der Waals surface area (Å²) in [6, 6.07) is 3.92. The first kappa shape index (κ1) is 15.1. The molecule has 3 rings (SSSR count). The van der Waals surface area contributed by atoms with E-state index in [1.165, 1.54) is 12.1 Å². The number of nitrogens with one attached hydrogen (secondary N) is 1. The summed E-state index contributed by atoms with van der Waals surface area (Å²) < 4.78 is 32.4. The van der Waals surface area contributed by atoms with Gasteiger partial charge in [-0.15, -0.1) is 0 Å². The maximum Gasteiger partial charge on any atom is 0.135 e. The van der Waals surface area contributed by atoms with E-state index in [1.807, 2.05) is 0 Å². The van der Waals surface area contributed by atoms with Crippen molar-refractivity contribution < 1.29 is 13.5 Å². The normalized spacial score (nSPS) is 19.8. The Labute approximate surface area is 128 Å². The van der Waals surface area contributed by atoms with E-state index < -0.39 is 11.6 Å². The van der Waals surface area contributed by atoms with Gasteiger partial charge in [0.2, 0.25) is 0 Å². The van der Waals surface area contributed by atoms with E-state index in [2.05, 4.69) is 28.7 Å². The molecule has 0 bridgehead atoms. The van der Waals surface area contributed by atoms with Crippen LogP contribution in [0.15, 0.2) is 24.4 Å². The van der Waals surface area contributed by atoms with E-state index >= 15 is 0 Å². The topological polar surface area (TPSA) is 41.1 Å². The number of halogens is 2. The van der Waals surface area contributed by atoms with E-state index in [0.717, 1.165) is 18.4 Å². The zero-order chi connectivity index (χ0) is 15.7. The van der Waals surface area contributed by atoms with Gasteiger partial charge in [0.25, 0.3) is 0 Å². The van der Waals surface area contributed by atoms with Crippen molar-refractivity contribution in [2.45, 2.75) is 25.9 Å². The maximum atomic E-state index is 13.9. The minimum absolute atomic E-state index is 0.0195. The first-order valence-corrected chi connectivity index (χ1v) is 7.40. The maximum absolute atomic E-state index is 13.9. The van der Waals surface area contributed by atoms with Crippen LogP contribution in [0, 0.1) is 11.6 Å². The zero-order valence-corrected chi connectivity index (χ0v) is 12.6. The molecule has 1 N–H and O–H groups in total. The molecule has 1 aliphatic rings. The molecule has 1 atom stereocenters. The smallest absolute Gasteiger partial charge is 0.135 e. The van der Waals surface area contributed by atoms with Crippen LogP contribution >= 0.6 is 0 Å². The molecular formula is C16H19F2N3O.